The van der Waals surface area contributed by atoms with Gasteiger partial charge in [0.1, 0.15) is 0 Å². The number of nitrogens with one attached hydrogen (secondary N) is 1. The summed E-state index contributed by atoms with van der Waals surface area (Å²) in [5.74, 6) is -2.14. The quantitative estimate of drug-likeness (QED) is 0.457. The summed E-state index contributed by atoms with van der Waals surface area (Å²) in [7, 11) is 0. The number of hydrogen-bond donors (Lipinski definition) is 3. The van der Waals surface area contributed by atoms with Crippen LogP contribution >= 0.6 is 0 Å². The lowest BCUT2D eigenvalue weighted by atomic mass is 10.3. The maximum atomic E-state index is 11.7. The Labute approximate surface area is 100 Å². The van der Waals surface area contributed by atoms with Crippen molar-refractivity contribution < 1.29 is 14.4 Å². The van der Waals surface area contributed by atoms with Gasteiger partial charge in [-0.2, -0.15) is 0 Å². The fraction of sp³-hybridized carbons (Fsp3) is 0.700. The number of unbranched alkanes of at least 4 members (excludes halogenated alkanes) is 1. The lowest BCUT2D eigenvalue weighted by molar-refractivity contribution is -0.147. The molecule has 98 valence electrons. The van der Waals surface area contributed by atoms with E-state index >= 15 is 0 Å². The zero-order valence-electron chi connectivity index (χ0n) is 10.1. The maximum Gasteiger partial charge on any atom is 0.312 e. The minimum Gasteiger partial charge on any atom is -0.368 e. The van der Waals surface area contributed by atoms with Gasteiger partial charge in [-0.05, 0) is 6.42 Å². The molecule has 0 aliphatic carbocycles. The smallest absolute Gasteiger partial charge is 0.312 e. The van der Waals surface area contributed by atoms with Crippen molar-refractivity contribution in [3.63, 3.8) is 0 Å². The molecule has 7 heteroatoms. The van der Waals surface area contributed by atoms with Crippen molar-refractivity contribution in [1.82, 2.24) is 10.2 Å². The topological polar surface area (TPSA) is 119 Å². The highest BCUT2D eigenvalue weighted by Gasteiger charge is 2.22. The van der Waals surface area contributed by atoms with Crippen LogP contribution in [0.4, 0.5) is 0 Å². The van der Waals surface area contributed by atoms with Gasteiger partial charge in [0.15, 0.2) is 0 Å². The van der Waals surface area contributed by atoms with Crippen LogP contribution in [-0.4, -0.2) is 48.8 Å². The van der Waals surface area contributed by atoms with Gasteiger partial charge >= 0.3 is 11.8 Å². The minimum atomic E-state index is -0.757. The molecule has 0 aromatic carbocycles. The third kappa shape index (κ3) is 6.52. The summed E-state index contributed by atoms with van der Waals surface area (Å²) in [4.78, 5) is 35.0. The van der Waals surface area contributed by atoms with Crippen LogP contribution in [0, 0.1) is 0 Å². The summed E-state index contributed by atoms with van der Waals surface area (Å²) in [5, 5.41) is 2.35. The summed E-state index contributed by atoms with van der Waals surface area (Å²) < 4.78 is 0. The Balaban J connectivity index is 4.39. The first-order chi connectivity index (χ1) is 8.02. The Kier molecular flexibility index (Phi) is 7.70. The second kappa shape index (κ2) is 8.51. The van der Waals surface area contributed by atoms with Gasteiger partial charge in [-0.25, -0.2) is 0 Å². The van der Waals surface area contributed by atoms with Crippen molar-refractivity contribution in [3.8, 4) is 0 Å². The minimum absolute atomic E-state index is 0.225. The van der Waals surface area contributed by atoms with Crippen molar-refractivity contribution in [2.24, 2.45) is 11.5 Å². The van der Waals surface area contributed by atoms with Crippen molar-refractivity contribution in [3.05, 3.63) is 0 Å². The van der Waals surface area contributed by atoms with Crippen LogP contribution in [-0.2, 0) is 14.4 Å². The van der Waals surface area contributed by atoms with Crippen LogP contribution in [0.1, 0.15) is 19.8 Å². The highest BCUT2D eigenvalue weighted by atomic mass is 16.2. The van der Waals surface area contributed by atoms with Gasteiger partial charge in [0.25, 0.3) is 0 Å². The summed E-state index contributed by atoms with van der Waals surface area (Å²) in [6.07, 6.45) is 1.57. The van der Waals surface area contributed by atoms with Gasteiger partial charge in [0.2, 0.25) is 5.91 Å². The van der Waals surface area contributed by atoms with E-state index in [1.807, 2.05) is 6.92 Å². The number of nitrogens with zero attached hydrogens (tertiary/aromatic N) is 1. The third-order valence-corrected chi connectivity index (χ3v) is 2.04. The van der Waals surface area contributed by atoms with Crippen LogP contribution in [0.15, 0.2) is 0 Å². The number of carbonyl (C=O) groups excluding carboxylic acids is 3. The molecule has 0 fully saturated rings. The van der Waals surface area contributed by atoms with E-state index in [9.17, 15) is 14.4 Å². The lowest BCUT2D eigenvalue weighted by Gasteiger charge is -2.20. The number of hydrogen-bond acceptors (Lipinski definition) is 4. The van der Waals surface area contributed by atoms with E-state index in [0.717, 1.165) is 11.3 Å². The fourth-order valence-corrected chi connectivity index (χ4v) is 1.19. The molecule has 7 nitrogen and oxygen atoms in total. The van der Waals surface area contributed by atoms with E-state index in [2.05, 4.69) is 5.32 Å². The largest absolute Gasteiger partial charge is 0.368 e. The Morgan fingerprint density at radius 1 is 1.29 bits per heavy atom. The van der Waals surface area contributed by atoms with E-state index in [0.29, 0.717) is 13.0 Å². The highest BCUT2D eigenvalue weighted by molar-refractivity contribution is 6.35. The van der Waals surface area contributed by atoms with Crippen molar-refractivity contribution in [2.45, 2.75) is 19.8 Å². The predicted molar refractivity (Wildman–Crippen MR) is 62.7 cm³/mol. The standard InChI is InChI=1S/C10H20N4O3/c1-2-3-6-14(7-8(12)15)10(17)9(16)13-5-4-11/h2-7,11H2,1H3,(H2,12,15)(H,13,16). The van der Waals surface area contributed by atoms with Gasteiger partial charge in [-0.1, -0.05) is 13.3 Å². The molecule has 0 atom stereocenters. The molecule has 0 aliphatic heterocycles. The molecular formula is C10H20N4O3. The number of primary amides is 1. The first kappa shape index (κ1) is 15.4. The Morgan fingerprint density at radius 3 is 2.41 bits per heavy atom. The molecular weight excluding hydrogens is 224 g/mol. The molecule has 0 rings (SSSR count). The first-order valence-corrected chi connectivity index (χ1v) is 5.58. The van der Waals surface area contributed by atoms with Crippen molar-refractivity contribution >= 4 is 17.7 Å². The van der Waals surface area contributed by atoms with E-state index in [4.69, 9.17) is 11.5 Å². The average molecular weight is 244 g/mol. The van der Waals surface area contributed by atoms with Gasteiger partial charge in [-0.15, -0.1) is 0 Å². The summed E-state index contributed by atoms with van der Waals surface area (Å²) in [6.45, 7) is 2.52. The molecule has 0 bridgehead atoms. The van der Waals surface area contributed by atoms with Gasteiger partial charge < -0.3 is 21.7 Å². The molecule has 0 aliphatic rings. The molecule has 0 heterocycles. The lowest BCUT2D eigenvalue weighted by Crippen LogP contribution is -2.47. The Hall–Kier alpha value is -1.63. The monoisotopic (exact) mass is 244 g/mol. The molecule has 5 N–H and O–H groups in total. The van der Waals surface area contributed by atoms with Crippen LogP contribution in [0.2, 0.25) is 0 Å². The number of amides is 3. The zero-order chi connectivity index (χ0) is 13.3. The second-order valence-corrected chi connectivity index (χ2v) is 3.59. The van der Waals surface area contributed by atoms with E-state index in [1.165, 1.54) is 0 Å². The predicted octanol–water partition coefficient (Wildman–Crippen LogP) is -1.82. The van der Waals surface area contributed by atoms with E-state index in [-0.39, 0.29) is 19.6 Å². The van der Waals surface area contributed by atoms with E-state index in [1.54, 1.807) is 0 Å². The van der Waals surface area contributed by atoms with Gasteiger partial charge in [-0.3, -0.25) is 14.4 Å². The van der Waals surface area contributed by atoms with Crippen molar-refractivity contribution in [1.29, 1.82) is 0 Å². The molecule has 17 heavy (non-hydrogen) atoms. The normalized spacial score (nSPS) is 9.76. The Morgan fingerprint density at radius 2 is 1.94 bits per heavy atom. The van der Waals surface area contributed by atoms with Crippen molar-refractivity contribution in [2.75, 3.05) is 26.2 Å². The third-order valence-electron chi connectivity index (χ3n) is 2.04. The fourth-order valence-electron chi connectivity index (χ4n) is 1.19. The zero-order valence-corrected chi connectivity index (χ0v) is 10.1. The molecule has 0 spiro atoms. The second-order valence-electron chi connectivity index (χ2n) is 3.59. The number of carbonyl (C=O) groups is 3. The van der Waals surface area contributed by atoms with E-state index < -0.39 is 17.7 Å². The molecule has 0 saturated heterocycles. The van der Waals surface area contributed by atoms with Crippen LogP contribution in [0.5, 0.6) is 0 Å². The summed E-state index contributed by atoms with van der Waals surface area (Å²) in [6, 6.07) is 0. The maximum absolute atomic E-state index is 11.7. The van der Waals surface area contributed by atoms with Crippen LogP contribution in [0.25, 0.3) is 0 Å². The molecule has 0 unspecified atom stereocenters. The van der Waals surface area contributed by atoms with Crippen LogP contribution < -0.4 is 16.8 Å². The SMILES string of the molecule is CCCCN(CC(N)=O)C(=O)C(=O)NCCN. The summed E-state index contributed by atoms with van der Waals surface area (Å²) in [5.41, 5.74) is 10.2. The highest BCUT2D eigenvalue weighted by Crippen LogP contribution is 1.96. The molecule has 0 aromatic rings. The van der Waals surface area contributed by atoms with Gasteiger partial charge in [0, 0.05) is 19.6 Å². The first-order valence-electron chi connectivity index (χ1n) is 5.58. The van der Waals surface area contributed by atoms with Crippen LogP contribution in [0.3, 0.4) is 0 Å². The average Bonchev–Trinajstić information content (AvgIpc) is 2.29. The molecule has 0 aromatic heterocycles. The molecule has 0 saturated carbocycles. The molecule has 3 amide bonds. The number of nitrogens with two attached hydrogens (primary N) is 2. The number of rotatable bonds is 7. The summed E-state index contributed by atoms with van der Waals surface area (Å²) >= 11 is 0. The van der Waals surface area contributed by atoms with Gasteiger partial charge in [0.05, 0.1) is 6.54 Å². The molecule has 0 radical (unpaired) electrons. The Bertz CT molecular complexity index is 281.